The summed E-state index contributed by atoms with van der Waals surface area (Å²) in [4.78, 5) is 12.8. The van der Waals surface area contributed by atoms with Crippen LogP contribution in [0.2, 0.25) is 5.02 Å². The molecule has 0 bridgehead atoms. The molecule has 3 rings (SSSR count). The Bertz CT molecular complexity index is 980. The van der Waals surface area contributed by atoms with E-state index in [0.717, 1.165) is 12.8 Å². The van der Waals surface area contributed by atoms with Crippen molar-refractivity contribution in [2.75, 3.05) is 18.4 Å². The second-order valence-corrected chi connectivity index (χ2v) is 10.3. The van der Waals surface area contributed by atoms with Crippen molar-refractivity contribution < 1.29 is 13.2 Å². The lowest BCUT2D eigenvalue weighted by Gasteiger charge is -2.29. The Kier molecular flexibility index (Phi) is 6.66. The van der Waals surface area contributed by atoms with Gasteiger partial charge in [0.1, 0.15) is 0 Å². The van der Waals surface area contributed by atoms with Crippen LogP contribution in [-0.2, 0) is 10.0 Å². The minimum Gasteiger partial charge on any atom is -0.322 e. The lowest BCUT2D eigenvalue weighted by atomic mass is 10.0. The zero-order valence-electron chi connectivity index (χ0n) is 17.0. The molecule has 0 atom stereocenters. The van der Waals surface area contributed by atoms with Crippen LogP contribution in [0.15, 0.2) is 47.4 Å². The molecule has 1 N–H and O–H groups in total. The average Bonchev–Trinajstić information content (AvgIpc) is 2.68. The third kappa shape index (κ3) is 5.00. The first-order valence-electron chi connectivity index (χ1n) is 9.89. The van der Waals surface area contributed by atoms with Gasteiger partial charge in [-0.2, -0.15) is 4.31 Å². The molecule has 1 saturated heterocycles. The second-order valence-electron chi connectivity index (χ2n) is 7.96. The number of carbonyl (C=O) groups is 1. The van der Waals surface area contributed by atoms with E-state index in [9.17, 15) is 13.2 Å². The molecule has 0 aliphatic carbocycles. The van der Waals surface area contributed by atoms with E-state index in [2.05, 4.69) is 26.1 Å². The summed E-state index contributed by atoms with van der Waals surface area (Å²) in [6.07, 6.45) is 1.68. The van der Waals surface area contributed by atoms with Gasteiger partial charge in [-0.15, -0.1) is 0 Å². The molecular formula is C22H27ClN2O3S. The van der Waals surface area contributed by atoms with Crippen LogP contribution in [0.3, 0.4) is 0 Å². The van der Waals surface area contributed by atoms with Gasteiger partial charge in [-0.3, -0.25) is 4.79 Å². The van der Waals surface area contributed by atoms with Crippen molar-refractivity contribution in [3.05, 3.63) is 58.6 Å². The predicted molar refractivity (Wildman–Crippen MR) is 117 cm³/mol. The molecule has 1 fully saturated rings. The fourth-order valence-electron chi connectivity index (χ4n) is 3.36. The number of nitrogens with one attached hydrogen (secondary N) is 1. The van der Waals surface area contributed by atoms with E-state index in [1.807, 2.05) is 24.3 Å². The number of hydrogen-bond acceptors (Lipinski definition) is 3. The maximum absolute atomic E-state index is 13.0. The number of halogens is 1. The summed E-state index contributed by atoms with van der Waals surface area (Å²) in [6.45, 7) is 7.32. The summed E-state index contributed by atoms with van der Waals surface area (Å²) in [5.74, 6) is 0.487. The average molecular weight is 435 g/mol. The molecule has 29 heavy (non-hydrogen) atoms. The molecule has 0 unspecified atom stereocenters. The smallest absolute Gasteiger partial charge is 0.257 e. The topological polar surface area (TPSA) is 66.5 Å². The normalized spacial score (nSPS) is 16.2. The fraction of sp³-hybridized carbons (Fsp3) is 0.409. The first-order valence-corrected chi connectivity index (χ1v) is 11.7. The molecule has 0 radical (unpaired) electrons. The molecule has 2 aromatic carbocycles. The molecule has 7 heteroatoms. The Hall–Kier alpha value is -1.89. The quantitative estimate of drug-likeness (QED) is 0.708. The maximum Gasteiger partial charge on any atom is 0.257 e. The SMILES string of the molecule is CC1CCN(S(=O)(=O)c2ccc(Cl)c(C(=O)Nc3ccc(C(C)C)cc3)c2)CC1. The summed E-state index contributed by atoms with van der Waals surface area (Å²) in [6, 6.07) is 11.9. The van der Waals surface area contributed by atoms with Crippen molar-refractivity contribution in [1.29, 1.82) is 0 Å². The number of piperidine rings is 1. The highest BCUT2D eigenvalue weighted by Gasteiger charge is 2.29. The van der Waals surface area contributed by atoms with Gasteiger partial charge in [-0.1, -0.05) is 44.5 Å². The number of carbonyl (C=O) groups excluding carboxylic acids is 1. The van der Waals surface area contributed by atoms with Crippen LogP contribution < -0.4 is 5.32 Å². The monoisotopic (exact) mass is 434 g/mol. The minimum atomic E-state index is -3.65. The number of benzene rings is 2. The molecule has 1 aliphatic rings. The fourth-order valence-corrected chi connectivity index (χ4v) is 5.06. The van der Waals surface area contributed by atoms with Crippen molar-refractivity contribution in [3.63, 3.8) is 0 Å². The van der Waals surface area contributed by atoms with E-state index in [0.29, 0.717) is 30.6 Å². The van der Waals surface area contributed by atoms with Crippen LogP contribution in [0, 0.1) is 5.92 Å². The minimum absolute atomic E-state index is 0.0942. The highest BCUT2D eigenvalue weighted by atomic mass is 35.5. The maximum atomic E-state index is 13.0. The van der Waals surface area contributed by atoms with E-state index in [4.69, 9.17) is 11.6 Å². The summed E-state index contributed by atoms with van der Waals surface area (Å²) in [5.41, 5.74) is 1.95. The molecule has 2 aromatic rings. The predicted octanol–water partition coefficient (Wildman–Crippen LogP) is 5.14. The van der Waals surface area contributed by atoms with Gasteiger partial charge in [0.2, 0.25) is 10.0 Å². The van der Waals surface area contributed by atoms with Crippen LogP contribution in [0.1, 0.15) is 55.5 Å². The molecule has 0 saturated carbocycles. The van der Waals surface area contributed by atoms with Crippen LogP contribution in [-0.4, -0.2) is 31.7 Å². The Morgan fingerprint density at radius 3 is 2.31 bits per heavy atom. The Balaban J connectivity index is 1.82. The molecule has 1 heterocycles. The van der Waals surface area contributed by atoms with Gasteiger partial charge in [0.15, 0.2) is 0 Å². The Morgan fingerprint density at radius 2 is 1.72 bits per heavy atom. The molecule has 5 nitrogen and oxygen atoms in total. The van der Waals surface area contributed by atoms with E-state index in [1.54, 1.807) is 0 Å². The number of amides is 1. The van der Waals surface area contributed by atoms with E-state index >= 15 is 0 Å². The van der Waals surface area contributed by atoms with Crippen molar-refractivity contribution in [2.45, 2.75) is 44.4 Å². The number of hydrogen-bond donors (Lipinski definition) is 1. The first kappa shape index (κ1) is 21.8. The number of rotatable bonds is 5. The van der Waals surface area contributed by atoms with Crippen molar-refractivity contribution in [2.24, 2.45) is 5.92 Å². The highest BCUT2D eigenvalue weighted by molar-refractivity contribution is 7.89. The molecule has 156 valence electrons. The van der Waals surface area contributed by atoms with Crippen LogP contribution >= 0.6 is 11.6 Å². The first-order chi connectivity index (χ1) is 13.7. The Morgan fingerprint density at radius 1 is 1.10 bits per heavy atom. The molecular weight excluding hydrogens is 408 g/mol. The number of anilines is 1. The van der Waals surface area contributed by atoms with E-state index in [1.165, 1.54) is 28.1 Å². The molecule has 0 spiro atoms. The van der Waals surface area contributed by atoms with Gasteiger partial charge in [0, 0.05) is 18.8 Å². The van der Waals surface area contributed by atoms with E-state index < -0.39 is 15.9 Å². The molecule has 1 amide bonds. The summed E-state index contributed by atoms with van der Waals surface area (Å²) >= 11 is 6.21. The van der Waals surface area contributed by atoms with Crippen LogP contribution in [0.4, 0.5) is 5.69 Å². The summed E-state index contributed by atoms with van der Waals surface area (Å²) in [5, 5.41) is 3.01. The van der Waals surface area contributed by atoms with Gasteiger partial charge in [-0.05, 0) is 60.6 Å². The molecule has 0 aromatic heterocycles. The van der Waals surface area contributed by atoms with E-state index in [-0.39, 0.29) is 15.5 Å². The summed E-state index contributed by atoms with van der Waals surface area (Å²) in [7, 11) is -3.65. The highest BCUT2D eigenvalue weighted by Crippen LogP contribution is 2.27. The lowest BCUT2D eigenvalue weighted by Crippen LogP contribution is -2.37. The van der Waals surface area contributed by atoms with Crippen LogP contribution in [0.25, 0.3) is 0 Å². The largest absolute Gasteiger partial charge is 0.322 e. The lowest BCUT2D eigenvalue weighted by molar-refractivity contribution is 0.102. The van der Waals surface area contributed by atoms with Crippen LogP contribution in [0.5, 0.6) is 0 Å². The zero-order valence-corrected chi connectivity index (χ0v) is 18.6. The van der Waals surface area contributed by atoms with Gasteiger partial charge < -0.3 is 5.32 Å². The van der Waals surface area contributed by atoms with Gasteiger partial charge in [0.05, 0.1) is 15.5 Å². The second kappa shape index (κ2) is 8.86. The third-order valence-corrected chi connectivity index (χ3v) is 7.62. The Labute approximate surface area is 178 Å². The van der Waals surface area contributed by atoms with Gasteiger partial charge in [-0.25, -0.2) is 8.42 Å². The zero-order chi connectivity index (χ0) is 21.2. The van der Waals surface area contributed by atoms with Crippen molar-refractivity contribution in [3.8, 4) is 0 Å². The summed E-state index contributed by atoms with van der Waals surface area (Å²) < 4.78 is 27.5. The van der Waals surface area contributed by atoms with Gasteiger partial charge in [0.25, 0.3) is 5.91 Å². The van der Waals surface area contributed by atoms with Crippen molar-refractivity contribution in [1.82, 2.24) is 4.31 Å². The van der Waals surface area contributed by atoms with Gasteiger partial charge >= 0.3 is 0 Å². The third-order valence-electron chi connectivity index (χ3n) is 5.40. The van der Waals surface area contributed by atoms with Crippen molar-refractivity contribution >= 4 is 33.2 Å². The standard InChI is InChI=1S/C22H27ClN2O3S/c1-15(2)17-4-6-18(7-5-17)24-22(26)20-14-19(8-9-21(20)23)29(27,28)25-12-10-16(3)11-13-25/h4-9,14-16H,10-13H2,1-3H3,(H,24,26). The number of sulfonamides is 1. The molecule has 1 aliphatic heterocycles. The number of nitrogens with zero attached hydrogens (tertiary/aromatic N) is 1.